The van der Waals surface area contributed by atoms with Crippen LogP contribution in [0.2, 0.25) is 0 Å². The van der Waals surface area contributed by atoms with Crippen LogP contribution in [0.3, 0.4) is 0 Å². The van der Waals surface area contributed by atoms with Gasteiger partial charge in [0.15, 0.2) is 0 Å². The third kappa shape index (κ3) is 6.42. The molecule has 2 N–H and O–H groups in total. The predicted octanol–water partition coefficient (Wildman–Crippen LogP) is 2.52. The normalized spacial score (nSPS) is 18.4. The Bertz CT molecular complexity index is 1150. The van der Waals surface area contributed by atoms with Crippen LogP contribution in [0.5, 0.6) is 0 Å². The van der Waals surface area contributed by atoms with Crippen molar-refractivity contribution in [3.63, 3.8) is 0 Å². The molecule has 9 nitrogen and oxygen atoms in total. The molecular formula is C26H35N7O2. The maximum atomic E-state index is 13.2. The Morgan fingerprint density at radius 3 is 2.71 bits per heavy atom. The summed E-state index contributed by atoms with van der Waals surface area (Å²) in [4.78, 5) is 36.3. The number of carbonyl (C=O) groups excluding carboxylic acids is 2. The first-order valence-corrected chi connectivity index (χ1v) is 12.5. The van der Waals surface area contributed by atoms with Gasteiger partial charge in [-0.05, 0) is 57.2 Å². The van der Waals surface area contributed by atoms with Gasteiger partial charge in [-0.25, -0.2) is 9.50 Å². The highest BCUT2D eigenvalue weighted by atomic mass is 16.2. The molecule has 0 aliphatic carbocycles. The number of fused-ring (bicyclic) bond motifs is 1. The molecule has 3 aromatic rings. The Morgan fingerprint density at radius 1 is 1.09 bits per heavy atom. The maximum Gasteiger partial charge on any atom is 0.252 e. The van der Waals surface area contributed by atoms with Crippen molar-refractivity contribution < 1.29 is 9.59 Å². The van der Waals surface area contributed by atoms with Gasteiger partial charge in [-0.3, -0.25) is 9.59 Å². The van der Waals surface area contributed by atoms with Gasteiger partial charge in [0.25, 0.3) is 5.78 Å². The number of aryl methyl sites for hydroxylation is 2. The number of hydrogen-bond donors (Lipinski definition) is 2. The number of aromatic nitrogens is 4. The van der Waals surface area contributed by atoms with Crippen LogP contribution in [0.15, 0.2) is 36.7 Å². The Labute approximate surface area is 206 Å². The standard InChI is InChI=1S/C26H35N7O2/c1-19-22(20(2)33-26(31-19)29-18-30-33)11-12-25(35)32-15-7-6-13-27-23(21-9-4-3-5-10-21)17-24(34)28-14-8-16-32/h3-5,9-10,18,23,27H,6-8,11-17H2,1-2H3,(H,28,34). The number of rotatable bonds is 4. The number of benzene rings is 1. The zero-order valence-corrected chi connectivity index (χ0v) is 20.7. The number of nitrogens with one attached hydrogen (secondary N) is 2. The molecule has 1 unspecified atom stereocenters. The summed E-state index contributed by atoms with van der Waals surface area (Å²) in [5, 5.41) is 10.8. The molecule has 1 atom stereocenters. The summed E-state index contributed by atoms with van der Waals surface area (Å²) >= 11 is 0. The second-order valence-corrected chi connectivity index (χ2v) is 9.15. The average Bonchev–Trinajstić information content (AvgIpc) is 3.33. The zero-order chi connectivity index (χ0) is 24.6. The topological polar surface area (TPSA) is 105 Å². The number of hydrogen-bond acceptors (Lipinski definition) is 6. The molecule has 0 radical (unpaired) electrons. The van der Waals surface area contributed by atoms with E-state index in [4.69, 9.17) is 0 Å². The fraction of sp³-hybridized carbons (Fsp3) is 0.500. The second kappa shape index (κ2) is 11.9. The van der Waals surface area contributed by atoms with Crippen LogP contribution in [-0.2, 0) is 16.0 Å². The van der Waals surface area contributed by atoms with Gasteiger partial charge in [-0.15, -0.1) is 0 Å². The van der Waals surface area contributed by atoms with Gasteiger partial charge >= 0.3 is 0 Å². The minimum absolute atomic E-state index is 0.00268. The lowest BCUT2D eigenvalue weighted by molar-refractivity contribution is -0.131. The first kappa shape index (κ1) is 24.8. The summed E-state index contributed by atoms with van der Waals surface area (Å²) in [6, 6.07) is 10.1. The number of nitrogens with zero attached hydrogens (tertiary/aromatic N) is 5. The maximum absolute atomic E-state index is 13.2. The van der Waals surface area contributed by atoms with E-state index < -0.39 is 0 Å². The molecule has 0 spiro atoms. The van der Waals surface area contributed by atoms with Crippen LogP contribution >= 0.6 is 0 Å². The summed E-state index contributed by atoms with van der Waals surface area (Å²) in [6.45, 7) is 6.69. The van der Waals surface area contributed by atoms with Crippen LogP contribution in [-0.4, -0.2) is 62.5 Å². The zero-order valence-electron chi connectivity index (χ0n) is 20.7. The van der Waals surface area contributed by atoms with Crippen molar-refractivity contribution in [2.24, 2.45) is 0 Å². The summed E-state index contributed by atoms with van der Waals surface area (Å²) < 4.78 is 1.73. The molecule has 4 rings (SSSR count). The van der Waals surface area contributed by atoms with Crippen molar-refractivity contribution in [3.8, 4) is 0 Å². The summed E-state index contributed by atoms with van der Waals surface area (Å²) in [5.74, 6) is 0.753. The Balaban J connectivity index is 1.35. The Hall–Kier alpha value is -3.33. The lowest BCUT2D eigenvalue weighted by Gasteiger charge is -2.23. The van der Waals surface area contributed by atoms with Crippen molar-refractivity contribution in [1.82, 2.24) is 35.1 Å². The smallest absolute Gasteiger partial charge is 0.252 e. The Kier molecular flexibility index (Phi) is 8.41. The first-order chi connectivity index (χ1) is 17.0. The SMILES string of the molecule is Cc1nc2ncnn2c(C)c1CCC(=O)N1CCCCNC(c2ccccc2)CC(=O)NCCC1. The highest BCUT2D eigenvalue weighted by Crippen LogP contribution is 2.18. The molecule has 1 aromatic carbocycles. The second-order valence-electron chi connectivity index (χ2n) is 9.15. The molecule has 2 amide bonds. The van der Waals surface area contributed by atoms with Gasteiger partial charge in [0.1, 0.15) is 6.33 Å². The van der Waals surface area contributed by atoms with Crippen LogP contribution in [0, 0.1) is 13.8 Å². The van der Waals surface area contributed by atoms with Gasteiger partial charge in [0, 0.05) is 49.9 Å². The quantitative estimate of drug-likeness (QED) is 0.598. The first-order valence-electron chi connectivity index (χ1n) is 12.5. The van der Waals surface area contributed by atoms with E-state index in [1.165, 1.54) is 6.33 Å². The van der Waals surface area contributed by atoms with Gasteiger partial charge in [0.05, 0.1) is 0 Å². The van der Waals surface area contributed by atoms with Crippen LogP contribution in [0.4, 0.5) is 0 Å². The van der Waals surface area contributed by atoms with Crippen LogP contribution in [0.1, 0.15) is 60.7 Å². The minimum Gasteiger partial charge on any atom is -0.356 e. The monoisotopic (exact) mass is 477 g/mol. The van der Waals surface area contributed by atoms with Gasteiger partial charge in [0.2, 0.25) is 11.8 Å². The van der Waals surface area contributed by atoms with Crippen molar-refractivity contribution in [2.75, 3.05) is 26.2 Å². The van der Waals surface area contributed by atoms with Crippen LogP contribution in [0.25, 0.3) is 5.78 Å². The lowest BCUT2D eigenvalue weighted by Crippen LogP contribution is -2.35. The fourth-order valence-corrected chi connectivity index (χ4v) is 4.72. The minimum atomic E-state index is -0.00268. The molecule has 35 heavy (non-hydrogen) atoms. The van der Waals surface area contributed by atoms with Gasteiger partial charge < -0.3 is 15.5 Å². The van der Waals surface area contributed by atoms with E-state index >= 15 is 0 Å². The molecule has 1 saturated heterocycles. The van der Waals surface area contributed by atoms with E-state index in [0.717, 1.165) is 54.9 Å². The summed E-state index contributed by atoms with van der Waals surface area (Å²) in [5.41, 5.74) is 4.04. The van der Waals surface area contributed by atoms with E-state index in [0.29, 0.717) is 38.1 Å². The molecule has 0 saturated carbocycles. The molecular weight excluding hydrogens is 442 g/mol. The molecule has 2 aromatic heterocycles. The summed E-state index contributed by atoms with van der Waals surface area (Å²) in [6.07, 6.45) is 5.56. The highest BCUT2D eigenvalue weighted by Gasteiger charge is 2.19. The van der Waals surface area contributed by atoms with E-state index in [1.54, 1.807) is 4.52 Å². The van der Waals surface area contributed by atoms with E-state index in [-0.39, 0.29) is 17.9 Å². The third-order valence-corrected chi connectivity index (χ3v) is 6.69. The molecule has 0 bridgehead atoms. The van der Waals surface area contributed by atoms with Crippen molar-refractivity contribution >= 4 is 17.6 Å². The molecule has 1 aliphatic rings. The largest absolute Gasteiger partial charge is 0.356 e. The van der Waals surface area contributed by atoms with Gasteiger partial charge in [-0.1, -0.05) is 30.3 Å². The summed E-state index contributed by atoms with van der Waals surface area (Å²) in [7, 11) is 0. The van der Waals surface area contributed by atoms with E-state index in [1.807, 2.05) is 36.9 Å². The highest BCUT2D eigenvalue weighted by molar-refractivity contribution is 5.77. The van der Waals surface area contributed by atoms with Crippen molar-refractivity contribution in [3.05, 3.63) is 59.2 Å². The van der Waals surface area contributed by atoms with E-state index in [2.05, 4.69) is 37.8 Å². The Morgan fingerprint density at radius 2 is 1.89 bits per heavy atom. The van der Waals surface area contributed by atoms with Crippen LogP contribution < -0.4 is 10.6 Å². The predicted molar refractivity (Wildman–Crippen MR) is 134 cm³/mol. The molecule has 3 heterocycles. The third-order valence-electron chi connectivity index (χ3n) is 6.69. The molecule has 1 fully saturated rings. The average molecular weight is 478 g/mol. The lowest BCUT2D eigenvalue weighted by atomic mass is 10.0. The number of amides is 2. The fourth-order valence-electron chi connectivity index (χ4n) is 4.72. The van der Waals surface area contributed by atoms with Gasteiger partial charge in [-0.2, -0.15) is 10.1 Å². The molecule has 186 valence electrons. The number of carbonyl (C=O) groups is 2. The van der Waals surface area contributed by atoms with E-state index in [9.17, 15) is 9.59 Å². The molecule has 9 heteroatoms. The van der Waals surface area contributed by atoms with Crippen molar-refractivity contribution in [2.45, 2.75) is 58.4 Å². The van der Waals surface area contributed by atoms with Crippen molar-refractivity contribution in [1.29, 1.82) is 0 Å². The molecule has 1 aliphatic heterocycles.